The fourth-order valence-corrected chi connectivity index (χ4v) is 8.14. The molecule has 1 aromatic heterocycles. The molecule has 0 amide bonds. The van der Waals surface area contributed by atoms with Crippen LogP contribution < -0.4 is 5.19 Å². The van der Waals surface area contributed by atoms with Crippen molar-refractivity contribution in [2.75, 3.05) is 0 Å². The van der Waals surface area contributed by atoms with Crippen LogP contribution in [-0.4, -0.2) is 26.9 Å². The van der Waals surface area contributed by atoms with E-state index in [2.05, 4.69) is 139 Å². The van der Waals surface area contributed by atoms with Crippen molar-refractivity contribution < 1.29 is 0 Å². The van der Waals surface area contributed by atoms with Gasteiger partial charge in [-0.25, -0.2) is 4.98 Å². The van der Waals surface area contributed by atoms with Crippen molar-refractivity contribution in [3.05, 3.63) is 198 Å². The average molecular weight is 587 g/mol. The van der Waals surface area contributed by atoms with E-state index in [0.717, 1.165) is 23.1 Å². The van der Waals surface area contributed by atoms with Crippen LogP contribution in [0.5, 0.6) is 0 Å². The summed E-state index contributed by atoms with van der Waals surface area (Å²) in [5.41, 5.74) is 7.42. The number of rotatable bonds is 9. The highest BCUT2D eigenvalue weighted by molar-refractivity contribution is 6.57. The first-order chi connectivity index (χ1) is 21.6. The summed E-state index contributed by atoms with van der Waals surface area (Å²) < 4.78 is 2.31. The number of hydrogen-bond acceptors (Lipinski definition) is 1. The lowest BCUT2D eigenvalue weighted by Gasteiger charge is -2.37. The van der Waals surface area contributed by atoms with E-state index in [4.69, 9.17) is 7.85 Å². The summed E-state index contributed by atoms with van der Waals surface area (Å²) in [7, 11) is 4.88. The summed E-state index contributed by atoms with van der Waals surface area (Å²) in [5.74, 6) is 2.33. The van der Waals surface area contributed by atoms with Crippen molar-refractivity contribution in [2.45, 2.75) is 25.4 Å². The molecule has 5 aromatic carbocycles. The first-order valence-electron chi connectivity index (χ1n) is 15.3. The highest BCUT2D eigenvalue weighted by atomic mass is 28.2. The van der Waals surface area contributed by atoms with Gasteiger partial charge in [-0.05, 0) is 45.7 Å². The predicted molar refractivity (Wildman–Crippen MR) is 190 cm³/mol. The highest BCUT2D eigenvalue weighted by Gasteiger charge is 2.36. The molecule has 2 nitrogen and oxygen atoms in total. The molecule has 0 spiro atoms. The van der Waals surface area contributed by atoms with Gasteiger partial charge in [-0.1, -0.05) is 165 Å². The summed E-state index contributed by atoms with van der Waals surface area (Å²) in [5, 5.41) is 1.25. The lowest BCUT2D eigenvalue weighted by Crippen LogP contribution is -2.46. The quantitative estimate of drug-likeness (QED) is 0.160. The van der Waals surface area contributed by atoms with Crippen molar-refractivity contribution >= 4 is 28.1 Å². The molecule has 0 saturated carbocycles. The van der Waals surface area contributed by atoms with Crippen LogP contribution >= 0.6 is 0 Å². The van der Waals surface area contributed by atoms with Crippen LogP contribution in [-0.2, 0) is 11.6 Å². The van der Waals surface area contributed by atoms with Gasteiger partial charge in [-0.15, -0.1) is 5.98 Å². The third-order valence-electron chi connectivity index (χ3n) is 7.91. The molecule has 2 radical (unpaired) electrons. The molecule has 1 heterocycles. The van der Waals surface area contributed by atoms with E-state index >= 15 is 0 Å². The van der Waals surface area contributed by atoms with Crippen LogP contribution in [0.4, 0.5) is 0 Å². The number of nitrogens with zero attached hydrogens (tertiary/aromatic N) is 2. The zero-order valence-corrected chi connectivity index (χ0v) is 27.0. The Kier molecular flexibility index (Phi) is 10.6. The lowest BCUT2D eigenvalue weighted by atomic mass is 9.92. The smallest absolute Gasteiger partial charge is 0.103 e. The van der Waals surface area contributed by atoms with Gasteiger partial charge in [-0.2, -0.15) is 0 Å². The minimum atomic E-state index is -0.790. The molecule has 0 atom stereocenters. The monoisotopic (exact) mass is 586 g/mol. The molecule has 0 aliphatic heterocycles. The summed E-state index contributed by atoms with van der Waals surface area (Å²) in [6, 6.07) is 51.4. The maximum absolute atomic E-state index is 5.67. The Hall–Kier alpha value is -4.67. The first kappa shape index (κ1) is 30.8. The summed E-state index contributed by atoms with van der Waals surface area (Å²) >= 11 is 0. The van der Waals surface area contributed by atoms with E-state index in [1.165, 1.54) is 21.9 Å². The molecular formula is C40H39BN2Si. The summed E-state index contributed by atoms with van der Waals surface area (Å²) in [6.45, 7) is 4.55. The van der Waals surface area contributed by atoms with Gasteiger partial charge in [0.25, 0.3) is 0 Å². The van der Waals surface area contributed by atoms with Crippen LogP contribution in [0.15, 0.2) is 170 Å². The normalized spacial score (nSPS) is 11.2. The third-order valence-corrected chi connectivity index (χ3v) is 10.5. The van der Waals surface area contributed by atoms with E-state index in [1.54, 1.807) is 5.98 Å². The van der Waals surface area contributed by atoms with Crippen LogP contribution in [0.1, 0.15) is 41.7 Å². The Morgan fingerprint density at radius 1 is 0.705 bits per heavy atom. The van der Waals surface area contributed by atoms with E-state index < -0.39 is 9.52 Å². The summed E-state index contributed by atoms with van der Waals surface area (Å²) in [6.07, 6.45) is 7.10. The van der Waals surface area contributed by atoms with Gasteiger partial charge >= 0.3 is 0 Å². The van der Waals surface area contributed by atoms with Crippen LogP contribution in [0.3, 0.4) is 0 Å². The molecule has 0 unspecified atom stereocenters. The topological polar surface area (TPSA) is 17.8 Å². The fraction of sp³-hybridized carbons (Fsp3) is 0.125. The Morgan fingerprint density at radius 3 is 1.59 bits per heavy atom. The molecule has 4 heteroatoms. The zero-order valence-electron chi connectivity index (χ0n) is 25.6. The Bertz CT molecular complexity index is 1620. The zero-order chi connectivity index (χ0) is 30.6. The van der Waals surface area contributed by atoms with Crippen molar-refractivity contribution in [1.82, 2.24) is 9.55 Å². The van der Waals surface area contributed by atoms with Crippen molar-refractivity contribution in [3.8, 4) is 0 Å². The number of aromatic nitrogens is 2. The largest absolute Gasteiger partial charge is 0.326 e. The van der Waals surface area contributed by atoms with E-state index in [1.807, 2.05) is 48.9 Å². The van der Waals surface area contributed by atoms with Crippen LogP contribution in [0, 0.1) is 5.92 Å². The van der Waals surface area contributed by atoms with Gasteiger partial charge in [0.1, 0.15) is 7.85 Å². The van der Waals surface area contributed by atoms with Gasteiger partial charge in [0.15, 0.2) is 0 Å². The maximum Gasteiger partial charge on any atom is 0.103 e. The molecular weight excluding hydrogens is 547 g/mol. The molecule has 0 N–H and O–H groups in total. The number of hydrogen-bond donors (Lipinski definition) is 0. The average Bonchev–Trinajstić information content (AvgIpc) is 3.62. The molecule has 0 aliphatic rings. The second kappa shape index (κ2) is 15.2. The van der Waals surface area contributed by atoms with Gasteiger partial charge in [0.05, 0.1) is 21.0 Å². The molecule has 0 bridgehead atoms. The number of imidazole rings is 1. The maximum atomic E-state index is 5.67. The second-order valence-corrected chi connectivity index (χ2v) is 13.7. The van der Waals surface area contributed by atoms with Gasteiger partial charge in [0, 0.05) is 12.4 Å². The van der Waals surface area contributed by atoms with Crippen LogP contribution in [0.25, 0.3) is 5.57 Å². The van der Waals surface area contributed by atoms with E-state index in [-0.39, 0.29) is 5.16 Å². The molecule has 6 aromatic rings. The van der Waals surface area contributed by atoms with Gasteiger partial charge in [-0.3, -0.25) is 0 Å². The van der Waals surface area contributed by atoms with Gasteiger partial charge in [0.2, 0.25) is 0 Å². The van der Waals surface area contributed by atoms with E-state index in [0.29, 0.717) is 5.92 Å². The van der Waals surface area contributed by atoms with Crippen LogP contribution in [0.2, 0.25) is 0 Å². The minimum Gasteiger partial charge on any atom is -0.326 e. The van der Waals surface area contributed by atoms with Crippen molar-refractivity contribution in [1.29, 1.82) is 0 Å². The minimum absolute atomic E-state index is 0.210. The predicted octanol–water partition coefficient (Wildman–Crippen LogP) is 7.57. The third kappa shape index (κ3) is 7.45. The highest BCUT2D eigenvalue weighted by Crippen LogP contribution is 2.33. The Labute approximate surface area is 266 Å². The first-order valence-corrected chi connectivity index (χ1v) is 16.7. The Morgan fingerprint density at radius 2 is 1.18 bits per heavy atom. The lowest BCUT2D eigenvalue weighted by molar-refractivity contribution is 0.596. The molecule has 216 valence electrons. The molecule has 44 heavy (non-hydrogen) atoms. The van der Waals surface area contributed by atoms with Gasteiger partial charge < -0.3 is 4.57 Å². The standard InChI is InChI=1S/C26H28N2Si.C14H11B/c1-21(2)19-22-13-15-25(16-14-22)29-26(28-18-17-27-20-28,23-9-5-3-6-10-23)24-11-7-4-8-12-24;15-11-14(12-7-3-1-4-8-12)13-9-5-2-6-10-13/h3-18,20-21H,19,29H2,1-2H3;1-11H. The number of benzene rings is 5. The summed E-state index contributed by atoms with van der Waals surface area (Å²) in [4.78, 5) is 4.41. The van der Waals surface area contributed by atoms with Crippen molar-refractivity contribution in [3.63, 3.8) is 0 Å². The van der Waals surface area contributed by atoms with Crippen molar-refractivity contribution in [2.24, 2.45) is 5.92 Å². The molecule has 6 rings (SSSR count). The molecule has 0 aliphatic carbocycles. The molecule has 0 saturated heterocycles. The fourth-order valence-electron chi connectivity index (χ4n) is 5.83. The SMILES string of the molecule is CC(C)Cc1ccc([SiH2]C(c2ccccc2)(c2ccccc2)n2ccnc2)cc1.[B]C=C(c1ccccc1)c1ccccc1. The Balaban J connectivity index is 0.000000215. The molecule has 0 fully saturated rings. The second-order valence-electron chi connectivity index (χ2n) is 11.5. The van der Waals surface area contributed by atoms with E-state index in [9.17, 15) is 0 Å².